The molecule has 1 saturated heterocycles. The number of methoxy groups -OCH3 is 1. The Balaban J connectivity index is 1.53. The van der Waals surface area contributed by atoms with Gasteiger partial charge in [-0.05, 0) is 36.8 Å². The van der Waals surface area contributed by atoms with Gasteiger partial charge in [0.15, 0.2) is 0 Å². The summed E-state index contributed by atoms with van der Waals surface area (Å²) in [4.78, 5) is 12.8. The van der Waals surface area contributed by atoms with Gasteiger partial charge in [0.05, 0.1) is 23.2 Å². The zero-order valence-electron chi connectivity index (χ0n) is 17.8. The summed E-state index contributed by atoms with van der Waals surface area (Å²) in [6, 6.07) is 12.5. The van der Waals surface area contributed by atoms with Crippen LogP contribution in [0.3, 0.4) is 0 Å². The van der Waals surface area contributed by atoms with Gasteiger partial charge in [0.2, 0.25) is 15.8 Å². The molecule has 0 unspecified atom stereocenters. The van der Waals surface area contributed by atoms with E-state index >= 15 is 0 Å². The molecule has 3 aromatic rings. The van der Waals surface area contributed by atoms with Crippen molar-refractivity contribution in [3.8, 4) is 5.75 Å². The fraction of sp³-hybridized carbons (Fsp3) is 0.273. The molecule has 4 rings (SSSR count). The quantitative estimate of drug-likeness (QED) is 0.602. The molecule has 0 bridgehead atoms. The van der Waals surface area contributed by atoms with Crippen LogP contribution in [0.25, 0.3) is 0 Å². The van der Waals surface area contributed by atoms with E-state index in [-0.39, 0.29) is 20.6 Å². The number of aromatic nitrogens is 2. The Morgan fingerprint density at radius 1 is 1.06 bits per heavy atom. The van der Waals surface area contributed by atoms with Crippen molar-refractivity contribution in [1.29, 1.82) is 0 Å². The molecule has 0 radical (unpaired) electrons. The first-order chi connectivity index (χ1) is 15.3. The SMILES string of the molecule is COc1ccc(S(=O)(=O)c2cnc(N3CCN(c4ccccc4C)CC3)nc2N)cc1Cl. The van der Waals surface area contributed by atoms with Crippen LogP contribution < -0.4 is 20.3 Å². The van der Waals surface area contributed by atoms with Crippen LogP contribution in [0.4, 0.5) is 17.5 Å². The first kappa shape index (κ1) is 22.2. The predicted octanol–water partition coefficient (Wildman–Crippen LogP) is 3.19. The number of rotatable bonds is 5. The second-order valence-electron chi connectivity index (χ2n) is 7.48. The van der Waals surface area contributed by atoms with Gasteiger partial charge in [-0.2, -0.15) is 4.98 Å². The fourth-order valence-electron chi connectivity index (χ4n) is 3.74. The van der Waals surface area contributed by atoms with Gasteiger partial charge in [0.25, 0.3) is 0 Å². The number of nitrogens with zero attached hydrogens (tertiary/aromatic N) is 4. The molecule has 2 heterocycles. The standard InChI is InChI=1S/C22H24ClN5O3S/c1-15-5-3-4-6-18(15)27-9-11-28(12-10-27)22-25-14-20(21(24)26-22)32(29,30)16-7-8-19(31-2)17(23)13-16/h3-8,13-14H,9-12H2,1-2H3,(H2,24,25,26). The van der Waals surface area contributed by atoms with Crippen molar-refractivity contribution >= 4 is 38.9 Å². The minimum atomic E-state index is -3.93. The van der Waals surface area contributed by atoms with Gasteiger partial charge in [-0.15, -0.1) is 0 Å². The van der Waals surface area contributed by atoms with Gasteiger partial charge < -0.3 is 20.3 Å². The summed E-state index contributed by atoms with van der Waals surface area (Å²) in [5.41, 5.74) is 8.50. The first-order valence-electron chi connectivity index (χ1n) is 10.1. The largest absolute Gasteiger partial charge is 0.495 e. The van der Waals surface area contributed by atoms with Crippen molar-refractivity contribution < 1.29 is 13.2 Å². The van der Waals surface area contributed by atoms with Crippen molar-refractivity contribution in [2.75, 3.05) is 48.8 Å². The Kier molecular flexibility index (Phi) is 6.12. The van der Waals surface area contributed by atoms with E-state index in [0.717, 1.165) is 13.1 Å². The lowest BCUT2D eigenvalue weighted by Crippen LogP contribution is -2.47. The molecule has 1 aliphatic heterocycles. The molecule has 0 amide bonds. The highest BCUT2D eigenvalue weighted by atomic mass is 35.5. The molecule has 1 fully saturated rings. The summed E-state index contributed by atoms with van der Waals surface area (Å²) in [5, 5.41) is 0.191. The molecule has 168 valence electrons. The number of nitrogens with two attached hydrogens (primary N) is 1. The number of hydrogen-bond acceptors (Lipinski definition) is 8. The van der Waals surface area contributed by atoms with Crippen molar-refractivity contribution in [1.82, 2.24) is 9.97 Å². The molecule has 2 N–H and O–H groups in total. The number of nitrogen functional groups attached to an aromatic ring is 1. The third-order valence-corrected chi connectivity index (χ3v) is 7.58. The van der Waals surface area contributed by atoms with Crippen LogP contribution in [0.15, 0.2) is 58.5 Å². The smallest absolute Gasteiger partial charge is 0.227 e. The lowest BCUT2D eigenvalue weighted by Gasteiger charge is -2.36. The number of para-hydroxylation sites is 1. The summed E-state index contributed by atoms with van der Waals surface area (Å²) in [7, 11) is -2.47. The number of hydrogen-bond donors (Lipinski definition) is 1. The van der Waals surface area contributed by atoms with Crippen LogP contribution >= 0.6 is 11.6 Å². The maximum atomic E-state index is 13.0. The van der Waals surface area contributed by atoms with E-state index in [0.29, 0.717) is 24.8 Å². The maximum Gasteiger partial charge on any atom is 0.227 e. The second-order valence-corrected chi connectivity index (χ2v) is 9.81. The van der Waals surface area contributed by atoms with Crippen LogP contribution in [-0.2, 0) is 9.84 Å². The van der Waals surface area contributed by atoms with E-state index in [1.807, 2.05) is 17.0 Å². The van der Waals surface area contributed by atoms with Crippen LogP contribution in [0.5, 0.6) is 5.75 Å². The van der Waals surface area contributed by atoms with Gasteiger partial charge in [-0.1, -0.05) is 29.8 Å². The monoisotopic (exact) mass is 473 g/mol. The van der Waals surface area contributed by atoms with Gasteiger partial charge in [-0.25, -0.2) is 13.4 Å². The molecule has 1 aliphatic rings. The summed E-state index contributed by atoms with van der Waals surface area (Å²) in [6.07, 6.45) is 1.26. The Labute approximate surface area is 192 Å². The molecular formula is C22H24ClN5O3S. The second kappa shape index (κ2) is 8.84. The third-order valence-electron chi connectivity index (χ3n) is 5.51. The van der Waals surface area contributed by atoms with E-state index in [2.05, 4.69) is 33.9 Å². The van der Waals surface area contributed by atoms with Crippen molar-refractivity contribution in [2.45, 2.75) is 16.7 Å². The van der Waals surface area contributed by atoms with E-state index in [1.54, 1.807) is 0 Å². The van der Waals surface area contributed by atoms with Crippen LogP contribution in [0, 0.1) is 6.92 Å². The lowest BCUT2D eigenvalue weighted by atomic mass is 10.1. The number of sulfone groups is 1. The highest BCUT2D eigenvalue weighted by molar-refractivity contribution is 7.91. The van der Waals surface area contributed by atoms with E-state index in [1.165, 1.54) is 42.8 Å². The number of aryl methyl sites for hydroxylation is 1. The molecular weight excluding hydrogens is 450 g/mol. The van der Waals surface area contributed by atoms with E-state index < -0.39 is 9.84 Å². The van der Waals surface area contributed by atoms with Crippen molar-refractivity contribution in [2.24, 2.45) is 0 Å². The molecule has 10 heteroatoms. The van der Waals surface area contributed by atoms with Crippen molar-refractivity contribution in [3.05, 3.63) is 59.2 Å². The minimum Gasteiger partial charge on any atom is -0.495 e. The average Bonchev–Trinajstić information content (AvgIpc) is 2.79. The first-order valence-corrected chi connectivity index (χ1v) is 11.9. The average molecular weight is 474 g/mol. The zero-order chi connectivity index (χ0) is 22.9. The Morgan fingerprint density at radius 3 is 2.38 bits per heavy atom. The Hall–Kier alpha value is -3.04. The van der Waals surface area contributed by atoms with Gasteiger partial charge in [0.1, 0.15) is 16.5 Å². The summed E-state index contributed by atoms with van der Waals surface area (Å²) in [6.45, 7) is 5.11. The molecule has 2 aromatic carbocycles. The number of piperazine rings is 1. The lowest BCUT2D eigenvalue weighted by molar-refractivity contribution is 0.414. The number of anilines is 3. The Morgan fingerprint density at radius 2 is 1.75 bits per heavy atom. The zero-order valence-corrected chi connectivity index (χ0v) is 19.4. The fourth-order valence-corrected chi connectivity index (χ4v) is 5.35. The van der Waals surface area contributed by atoms with Crippen molar-refractivity contribution in [3.63, 3.8) is 0 Å². The van der Waals surface area contributed by atoms with Gasteiger partial charge >= 0.3 is 0 Å². The normalized spacial score (nSPS) is 14.5. The van der Waals surface area contributed by atoms with E-state index in [4.69, 9.17) is 22.1 Å². The molecule has 0 spiro atoms. The number of benzene rings is 2. The number of ether oxygens (including phenoxy) is 1. The summed E-state index contributed by atoms with van der Waals surface area (Å²) in [5.74, 6) is 0.706. The van der Waals surface area contributed by atoms with Gasteiger partial charge in [0, 0.05) is 31.9 Å². The van der Waals surface area contributed by atoms with Crippen LogP contribution in [0.2, 0.25) is 5.02 Å². The summed E-state index contributed by atoms with van der Waals surface area (Å²) >= 11 is 6.09. The minimum absolute atomic E-state index is 0.00167. The highest BCUT2D eigenvalue weighted by Gasteiger charge is 2.26. The number of halogens is 1. The molecule has 8 nitrogen and oxygen atoms in total. The van der Waals surface area contributed by atoms with Gasteiger partial charge in [-0.3, -0.25) is 0 Å². The molecule has 0 aliphatic carbocycles. The predicted molar refractivity (Wildman–Crippen MR) is 126 cm³/mol. The molecule has 1 aromatic heterocycles. The van der Waals surface area contributed by atoms with Crippen LogP contribution in [0.1, 0.15) is 5.56 Å². The topological polar surface area (TPSA) is 102 Å². The summed E-state index contributed by atoms with van der Waals surface area (Å²) < 4.78 is 31.2. The molecule has 0 atom stereocenters. The molecule has 32 heavy (non-hydrogen) atoms. The van der Waals surface area contributed by atoms with E-state index in [9.17, 15) is 8.42 Å². The Bertz CT molecular complexity index is 1240. The molecule has 0 saturated carbocycles. The highest BCUT2D eigenvalue weighted by Crippen LogP contribution is 2.32. The van der Waals surface area contributed by atoms with Crippen LogP contribution in [-0.4, -0.2) is 51.7 Å². The third kappa shape index (κ3) is 4.18. The maximum absolute atomic E-state index is 13.0.